The average molecular weight is 487 g/mol. The maximum atomic E-state index is 13.6. The Morgan fingerprint density at radius 1 is 1.06 bits per heavy atom. The van der Waals surface area contributed by atoms with Crippen molar-refractivity contribution in [2.24, 2.45) is 5.73 Å². The molecule has 0 aliphatic heterocycles. The van der Waals surface area contributed by atoms with Crippen molar-refractivity contribution >= 4 is 8.69 Å². The number of methoxy groups -OCH3 is 1. The van der Waals surface area contributed by atoms with E-state index in [1.165, 1.54) is 6.07 Å². The van der Waals surface area contributed by atoms with Crippen molar-refractivity contribution in [3.05, 3.63) is 58.7 Å². The topological polar surface area (TPSA) is 91.0 Å². The Hall–Kier alpha value is -2.19. The normalized spacial score (nSPS) is 13.7. The number of nitrogens with two attached hydrogens (primary N) is 1. The summed E-state index contributed by atoms with van der Waals surface area (Å²) in [5.74, 6) is 0.556. The molecule has 0 saturated heterocycles. The van der Waals surface area contributed by atoms with Gasteiger partial charge in [-0.2, -0.15) is 13.2 Å². The van der Waals surface area contributed by atoms with E-state index in [2.05, 4.69) is 0 Å². The number of aliphatic hydroxyl groups is 1. The molecule has 0 fully saturated rings. The summed E-state index contributed by atoms with van der Waals surface area (Å²) in [5, 5.41) is 9.45. The number of hydrogen-bond acceptors (Lipinski definition) is 6. The molecule has 2 rings (SSSR count). The molecule has 1 unspecified atom stereocenters. The first-order valence-electron chi connectivity index (χ1n) is 10.4. The quantitative estimate of drug-likeness (QED) is 0.309. The van der Waals surface area contributed by atoms with Crippen LogP contribution in [0.25, 0.3) is 0 Å². The van der Waals surface area contributed by atoms with Crippen LogP contribution in [0.2, 0.25) is 0 Å². The zero-order valence-electron chi connectivity index (χ0n) is 18.7. The summed E-state index contributed by atoms with van der Waals surface area (Å²) >= 11 is 0. The highest BCUT2D eigenvalue weighted by Gasteiger charge is 2.35. The Labute approximate surface area is 193 Å². The molecular formula is C23H29F3NO5P. The minimum Gasteiger partial charge on any atom is -0.496 e. The number of aliphatic hydroxyl groups excluding tert-OH is 1. The van der Waals surface area contributed by atoms with Gasteiger partial charge in [0.25, 0.3) is 0 Å². The lowest BCUT2D eigenvalue weighted by Crippen LogP contribution is -2.47. The lowest BCUT2D eigenvalue weighted by atomic mass is 9.93. The highest BCUT2D eigenvalue weighted by molar-refractivity contribution is 7.17. The molecule has 33 heavy (non-hydrogen) atoms. The standard InChI is InChI=1S/C23H29F3NO5P/c1-16-12-17(5-7-20(16)30-2)4-3-11-31-21-8-6-18(13-19(21)23(24,25)26)9-10-22(27,14-28)15-32-33-29/h5-8,12-13,28H,3-4,9-11,14-15,27H2,1-2H3. The minimum atomic E-state index is -4.58. The van der Waals surface area contributed by atoms with E-state index in [1.807, 2.05) is 25.1 Å². The van der Waals surface area contributed by atoms with Gasteiger partial charge in [-0.3, -0.25) is 4.52 Å². The number of aryl methyl sites for hydroxylation is 3. The van der Waals surface area contributed by atoms with Gasteiger partial charge in [-0.15, -0.1) is 0 Å². The van der Waals surface area contributed by atoms with Crippen molar-refractivity contribution in [1.82, 2.24) is 0 Å². The molecular weight excluding hydrogens is 458 g/mol. The van der Waals surface area contributed by atoms with E-state index in [4.69, 9.17) is 19.7 Å². The third-order valence-electron chi connectivity index (χ3n) is 5.31. The molecule has 0 amide bonds. The molecule has 10 heteroatoms. The fourth-order valence-corrected chi connectivity index (χ4v) is 3.69. The van der Waals surface area contributed by atoms with E-state index < -0.39 is 32.6 Å². The number of halogens is 3. The SMILES string of the molecule is COc1ccc(CCCOc2ccc(CCC(N)(CO)COP=O)cc2C(F)(F)F)cc1C. The Morgan fingerprint density at radius 2 is 1.73 bits per heavy atom. The van der Waals surface area contributed by atoms with Gasteiger partial charge in [-0.05, 0) is 67.5 Å². The Kier molecular flexibility index (Phi) is 10.1. The van der Waals surface area contributed by atoms with E-state index in [-0.39, 0.29) is 31.8 Å². The van der Waals surface area contributed by atoms with E-state index in [1.54, 1.807) is 13.2 Å². The summed E-state index contributed by atoms with van der Waals surface area (Å²) in [7, 11) is 1.02. The summed E-state index contributed by atoms with van der Waals surface area (Å²) in [6, 6.07) is 9.66. The van der Waals surface area contributed by atoms with Gasteiger partial charge in [0.05, 0.1) is 38.0 Å². The second-order valence-corrected chi connectivity index (χ2v) is 8.36. The third kappa shape index (κ3) is 8.27. The number of alkyl halides is 3. The lowest BCUT2D eigenvalue weighted by molar-refractivity contribution is -0.139. The van der Waals surface area contributed by atoms with E-state index in [0.717, 1.165) is 22.9 Å². The predicted molar refractivity (Wildman–Crippen MR) is 119 cm³/mol. The first-order chi connectivity index (χ1) is 15.6. The van der Waals surface area contributed by atoms with Crippen molar-refractivity contribution in [2.75, 3.05) is 26.9 Å². The molecule has 0 spiro atoms. The molecule has 0 radical (unpaired) electrons. The fraction of sp³-hybridized carbons (Fsp3) is 0.478. The Morgan fingerprint density at radius 3 is 2.30 bits per heavy atom. The van der Waals surface area contributed by atoms with Gasteiger partial charge in [0.2, 0.25) is 0 Å². The minimum absolute atomic E-state index is 0.135. The Bertz CT molecular complexity index is 925. The summed E-state index contributed by atoms with van der Waals surface area (Å²) in [6.45, 7) is 1.43. The zero-order valence-corrected chi connectivity index (χ0v) is 19.5. The summed E-state index contributed by atoms with van der Waals surface area (Å²) in [5.41, 5.74) is 6.35. The van der Waals surface area contributed by atoms with Crippen LogP contribution >= 0.6 is 8.69 Å². The molecule has 2 aromatic carbocycles. The van der Waals surface area contributed by atoms with Gasteiger partial charge in [-0.1, -0.05) is 18.2 Å². The van der Waals surface area contributed by atoms with E-state index >= 15 is 0 Å². The van der Waals surface area contributed by atoms with Crippen LogP contribution in [-0.4, -0.2) is 37.6 Å². The van der Waals surface area contributed by atoms with Gasteiger partial charge < -0.3 is 20.3 Å². The molecule has 0 bridgehead atoms. The van der Waals surface area contributed by atoms with Crippen LogP contribution in [0.15, 0.2) is 36.4 Å². The number of rotatable bonds is 13. The van der Waals surface area contributed by atoms with E-state index in [0.29, 0.717) is 18.4 Å². The first-order valence-corrected chi connectivity index (χ1v) is 11.2. The molecule has 0 heterocycles. The van der Waals surface area contributed by atoms with Crippen molar-refractivity contribution in [3.63, 3.8) is 0 Å². The summed E-state index contributed by atoms with van der Waals surface area (Å²) < 4.78 is 66.7. The number of hydrogen-bond donors (Lipinski definition) is 2. The fourth-order valence-electron chi connectivity index (χ4n) is 3.38. The van der Waals surface area contributed by atoms with Gasteiger partial charge >= 0.3 is 14.9 Å². The molecule has 0 aliphatic rings. The van der Waals surface area contributed by atoms with Crippen LogP contribution in [0, 0.1) is 6.92 Å². The van der Waals surface area contributed by atoms with Crippen molar-refractivity contribution in [2.45, 2.75) is 44.3 Å². The zero-order chi connectivity index (χ0) is 24.5. The highest BCUT2D eigenvalue weighted by Crippen LogP contribution is 2.37. The van der Waals surface area contributed by atoms with Crippen molar-refractivity contribution < 1.29 is 36.8 Å². The molecule has 0 aliphatic carbocycles. The van der Waals surface area contributed by atoms with Crippen molar-refractivity contribution in [3.8, 4) is 11.5 Å². The summed E-state index contributed by atoms with van der Waals surface area (Å²) in [6.07, 6.45) is -3.04. The monoisotopic (exact) mass is 487 g/mol. The molecule has 1 atom stereocenters. The summed E-state index contributed by atoms with van der Waals surface area (Å²) in [4.78, 5) is 0. The molecule has 182 valence electrons. The van der Waals surface area contributed by atoms with Crippen LogP contribution < -0.4 is 15.2 Å². The van der Waals surface area contributed by atoms with Crippen molar-refractivity contribution in [1.29, 1.82) is 0 Å². The average Bonchev–Trinajstić information content (AvgIpc) is 2.79. The highest BCUT2D eigenvalue weighted by atomic mass is 31.1. The first kappa shape index (κ1) is 27.1. The smallest absolute Gasteiger partial charge is 0.419 e. The van der Waals surface area contributed by atoms with E-state index in [9.17, 15) is 22.8 Å². The van der Waals surface area contributed by atoms with Gasteiger partial charge in [0.15, 0.2) is 0 Å². The number of ether oxygens (including phenoxy) is 2. The molecule has 6 nitrogen and oxygen atoms in total. The lowest BCUT2D eigenvalue weighted by Gasteiger charge is -2.25. The van der Waals surface area contributed by atoms with Crippen LogP contribution in [-0.2, 0) is 28.1 Å². The molecule has 0 aromatic heterocycles. The van der Waals surface area contributed by atoms with Gasteiger partial charge in [0, 0.05) is 0 Å². The maximum absolute atomic E-state index is 13.6. The molecule has 0 saturated carbocycles. The second-order valence-electron chi connectivity index (χ2n) is 7.95. The largest absolute Gasteiger partial charge is 0.496 e. The van der Waals surface area contributed by atoms with Crippen LogP contribution in [0.3, 0.4) is 0 Å². The number of benzene rings is 2. The van der Waals surface area contributed by atoms with Crippen LogP contribution in [0.5, 0.6) is 11.5 Å². The van der Waals surface area contributed by atoms with Gasteiger partial charge in [0.1, 0.15) is 11.5 Å². The third-order valence-corrected chi connectivity index (χ3v) is 5.54. The van der Waals surface area contributed by atoms with Gasteiger partial charge in [-0.25, -0.2) is 4.57 Å². The van der Waals surface area contributed by atoms with Crippen LogP contribution in [0.4, 0.5) is 13.2 Å². The molecule has 2 aromatic rings. The second kappa shape index (κ2) is 12.3. The molecule has 3 N–H and O–H groups in total. The maximum Gasteiger partial charge on any atom is 0.419 e. The van der Waals surface area contributed by atoms with Crippen LogP contribution in [0.1, 0.15) is 35.1 Å². The Balaban J connectivity index is 2.01. The predicted octanol–water partition coefficient (Wildman–Crippen LogP) is 4.88.